The number of guanidine groups is 1. The van der Waals surface area contributed by atoms with Crippen LogP contribution < -0.4 is 25.0 Å². The molecule has 0 aliphatic carbocycles. The van der Waals surface area contributed by atoms with Gasteiger partial charge in [-0.3, -0.25) is 4.90 Å². The zero-order valence-electron chi connectivity index (χ0n) is 19.8. The van der Waals surface area contributed by atoms with E-state index >= 15 is 0 Å². The molecule has 0 saturated carbocycles. The molecule has 3 rings (SSSR count). The van der Waals surface area contributed by atoms with Gasteiger partial charge in [-0.2, -0.15) is 0 Å². The lowest BCUT2D eigenvalue weighted by molar-refractivity contribution is 0.254. The molecule has 10 heteroatoms. The molecule has 1 aromatic heterocycles. The lowest BCUT2D eigenvalue weighted by atomic mass is 10.2. The first-order valence-electron chi connectivity index (χ1n) is 11.2. The Morgan fingerprint density at radius 3 is 2.42 bits per heavy atom. The first-order chi connectivity index (χ1) is 15.7. The summed E-state index contributed by atoms with van der Waals surface area (Å²) in [6.45, 7) is 9.40. The molecule has 0 unspecified atom stereocenters. The van der Waals surface area contributed by atoms with E-state index in [-0.39, 0.29) is 24.0 Å². The van der Waals surface area contributed by atoms with Gasteiger partial charge in [0.2, 0.25) is 5.95 Å². The second kappa shape index (κ2) is 14.7. The number of methoxy groups -OCH3 is 2. The van der Waals surface area contributed by atoms with Gasteiger partial charge in [0.15, 0.2) is 17.5 Å². The number of nitrogens with zero attached hydrogens (tertiary/aromatic N) is 5. The van der Waals surface area contributed by atoms with Gasteiger partial charge in [-0.25, -0.2) is 15.0 Å². The molecule has 2 N–H and O–H groups in total. The van der Waals surface area contributed by atoms with Crippen LogP contribution in [0.2, 0.25) is 0 Å². The molecule has 2 heterocycles. The summed E-state index contributed by atoms with van der Waals surface area (Å²) < 4.78 is 10.7. The van der Waals surface area contributed by atoms with Gasteiger partial charge in [-0.05, 0) is 43.7 Å². The van der Waals surface area contributed by atoms with E-state index in [1.165, 1.54) is 0 Å². The summed E-state index contributed by atoms with van der Waals surface area (Å²) >= 11 is 0. The summed E-state index contributed by atoms with van der Waals surface area (Å²) in [5.74, 6) is 3.10. The van der Waals surface area contributed by atoms with Crippen LogP contribution in [0.4, 0.5) is 5.95 Å². The number of anilines is 1. The van der Waals surface area contributed by atoms with Gasteiger partial charge in [0.25, 0.3) is 0 Å². The van der Waals surface area contributed by atoms with Crippen molar-refractivity contribution in [2.24, 2.45) is 4.99 Å². The highest BCUT2D eigenvalue weighted by Gasteiger charge is 2.18. The van der Waals surface area contributed by atoms with Crippen molar-refractivity contribution >= 4 is 35.9 Å². The molecule has 2 aromatic rings. The van der Waals surface area contributed by atoms with E-state index in [9.17, 15) is 0 Å². The van der Waals surface area contributed by atoms with Crippen LogP contribution in [0.1, 0.15) is 18.9 Å². The number of piperazine rings is 1. The minimum Gasteiger partial charge on any atom is -0.493 e. The Labute approximate surface area is 214 Å². The average molecular weight is 569 g/mol. The number of nitrogens with one attached hydrogen (secondary N) is 2. The molecule has 9 nitrogen and oxygen atoms in total. The third-order valence-corrected chi connectivity index (χ3v) is 5.36. The number of hydrogen-bond acceptors (Lipinski definition) is 7. The van der Waals surface area contributed by atoms with Crippen molar-refractivity contribution in [1.82, 2.24) is 25.5 Å². The van der Waals surface area contributed by atoms with Crippen LogP contribution in [-0.4, -0.2) is 80.9 Å². The predicted octanol–water partition coefficient (Wildman–Crippen LogP) is 2.38. The highest BCUT2D eigenvalue weighted by atomic mass is 127. The summed E-state index contributed by atoms with van der Waals surface area (Å²) in [4.78, 5) is 18.2. The van der Waals surface area contributed by atoms with Crippen LogP contribution in [0.5, 0.6) is 11.5 Å². The Kier molecular flexibility index (Phi) is 12.0. The van der Waals surface area contributed by atoms with Gasteiger partial charge in [0.1, 0.15) is 0 Å². The molecule has 0 bridgehead atoms. The topological polar surface area (TPSA) is 87.1 Å². The summed E-state index contributed by atoms with van der Waals surface area (Å²) in [5.41, 5.74) is 1.07. The maximum Gasteiger partial charge on any atom is 0.225 e. The maximum atomic E-state index is 5.38. The number of benzene rings is 1. The maximum absolute atomic E-state index is 5.38. The fourth-order valence-electron chi connectivity index (χ4n) is 3.63. The predicted molar refractivity (Wildman–Crippen MR) is 143 cm³/mol. The number of ether oxygens (including phenoxy) is 2. The Balaban J connectivity index is 0.00000385. The van der Waals surface area contributed by atoms with Crippen LogP contribution in [-0.2, 0) is 6.54 Å². The molecule has 33 heavy (non-hydrogen) atoms. The fourth-order valence-corrected chi connectivity index (χ4v) is 3.63. The molecule has 1 aliphatic heterocycles. The summed E-state index contributed by atoms with van der Waals surface area (Å²) in [5, 5.41) is 6.76. The van der Waals surface area contributed by atoms with Gasteiger partial charge in [0.05, 0.1) is 20.8 Å². The fraction of sp³-hybridized carbons (Fsp3) is 0.522. The van der Waals surface area contributed by atoms with Gasteiger partial charge in [-0.15, -0.1) is 24.0 Å². The average Bonchev–Trinajstić information content (AvgIpc) is 2.85. The monoisotopic (exact) mass is 569 g/mol. The van der Waals surface area contributed by atoms with Crippen molar-refractivity contribution in [3.63, 3.8) is 0 Å². The van der Waals surface area contributed by atoms with Gasteiger partial charge >= 0.3 is 0 Å². The van der Waals surface area contributed by atoms with Crippen LogP contribution >= 0.6 is 24.0 Å². The summed E-state index contributed by atoms with van der Waals surface area (Å²) in [7, 11) is 3.28. The SMILES string of the molecule is CCNC(=NCc1ccc(OC)c(OC)c1)NCCCN1CCN(c2ncccn2)CC1.I. The third-order valence-electron chi connectivity index (χ3n) is 5.36. The first-order valence-corrected chi connectivity index (χ1v) is 11.2. The van der Waals surface area contributed by atoms with Gasteiger partial charge in [0, 0.05) is 51.7 Å². The Bertz CT molecular complexity index is 846. The van der Waals surface area contributed by atoms with Gasteiger partial charge in [-0.1, -0.05) is 6.07 Å². The molecule has 1 fully saturated rings. The van der Waals surface area contributed by atoms with E-state index in [4.69, 9.17) is 14.5 Å². The van der Waals surface area contributed by atoms with Crippen molar-refractivity contribution in [3.05, 3.63) is 42.2 Å². The minimum absolute atomic E-state index is 0. The van der Waals surface area contributed by atoms with E-state index in [2.05, 4.69) is 37.3 Å². The van der Waals surface area contributed by atoms with Crippen molar-refractivity contribution in [2.45, 2.75) is 19.9 Å². The lowest BCUT2D eigenvalue weighted by Gasteiger charge is -2.34. The van der Waals surface area contributed by atoms with Crippen LogP contribution in [0.15, 0.2) is 41.7 Å². The van der Waals surface area contributed by atoms with Crippen LogP contribution in [0, 0.1) is 0 Å². The molecule has 1 saturated heterocycles. The van der Waals surface area contributed by atoms with Crippen molar-refractivity contribution in [2.75, 3.05) is 64.9 Å². The summed E-state index contributed by atoms with van der Waals surface area (Å²) in [6.07, 6.45) is 4.66. The molecule has 0 amide bonds. The smallest absolute Gasteiger partial charge is 0.225 e. The Morgan fingerprint density at radius 2 is 1.76 bits per heavy atom. The van der Waals surface area contributed by atoms with E-state index in [1.54, 1.807) is 26.6 Å². The Morgan fingerprint density at radius 1 is 1.03 bits per heavy atom. The van der Waals surface area contributed by atoms with Crippen LogP contribution in [0.3, 0.4) is 0 Å². The van der Waals surface area contributed by atoms with E-state index in [1.807, 2.05) is 24.3 Å². The number of hydrogen-bond donors (Lipinski definition) is 2. The van der Waals surface area contributed by atoms with E-state index in [0.29, 0.717) is 6.54 Å². The normalized spacial score (nSPS) is 14.4. The molecular weight excluding hydrogens is 533 g/mol. The minimum atomic E-state index is 0. The molecule has 0 radical (unpaired) electrons. The number of halogens is 1. The molecule has 1 aromatic carbocycles. The molecule has 0 spiro atoms. The second-order valence-electron chi connectivity index (χ2n) is 7.54. The molecular formula is C23H36IN7O2. The molecule has 0 atom stereocenters. The number of aromatic nitrogens is 2. The second-order valence-corrected chi connectivity index (χ2v) is 7.54. The van der Waals surface area contributed by atoms with E-state index < -0.39 is 0 Å². The number of aliphatic imine (C=N–C) groups is 1. The third kappa shape index (κ3) is 8.50. The van der Waals surface area contributed by atoms with Crippen molar-refractivity contribution in [3.8, 4) is 11.5 Å². The van der Waals surface area contributed by atoms with Crippen molar-refractivity contribution < 1.29 is 9.47 Å². The Hall–Kier alpha value is -2.34. The molecule has 1 aliphatic rings. The van der Waals surface area contributed by atoms with Crippen molar-refractivity contribution in [1.29, 1.82) is 0 Å². The highest BCUT2D eigenvalue weighted by Crippen LogP contribution is 2.27. The lowest BCUT2D eigenvalue weighted by Crippen LogP contribution is -2.47. The number of rotatable bonds is 10. The zero-order chi connectivity index (χ0) is 22.6. The van der Waals surface area contributed by atoms with Gasteiger partial charge < -0.3 is 25.0 Å². The standard InChI is InChI=1S/C23H35N7O2.HI/c1-4-24-22(28-18-19-7-8-20(31-2)21(17-19)32-3)25-11-6-12-29-13-15-30(16-14-29)23-26-9-5-10-27-23;/h5,7-10,17H,4,6,11-16,18H2,1-3H3,(H2,24,25,28);1H. The van der Waals surface area contributed by atoms with E-state index in [0.717, 1.165) is 81.2 Å². The quantitative estimate of drug-likeness (QED) is 0.195. The highest BCUT2D eigenvalue weighted by molar-refractivity contribution is 14.0. The first kappa shape index (κ1) is 26.9. The van der Waals surface area contributed by atoms with Crippen LogP contribution in [0.25, 0.3) is 0 Å². The summed E-state index contributed by atoms with van der Waals surface area (Å²) in [6, 6.07) is 7.74. The zero-order valence-corrected chi connectivity index (χ0v) is 22.1. The molecule has 182 valence electrons. The largest absolute Gasteiger partial charge is 0.493 e.